The molecular weight excluding hydrogens is 556 g/mol. The van der Waals surface area contributed by atoms with Crippen molar-refractivity contribution < 1.29 is 32.6 Å². The molecule has 9 nitrogen and oxygen atoms in total. The number of rotatable bonds is 11. The van der Waals surface area contributed by atoms with E-state index in [1.54, 1.807) is 24.3 Å². The van der Waals surface area contributed by atoms with E-state index in [0.29, 0.717) is 18.5 Å². The van der Waals surface area contributed by atoms with Gasteiger partial charge in [0.2, 0.25) is 10.0 Å². The lowest BCUT2D eigenvalue weighted by Gasteiger charge is -2.34. The molecule has 226 valence electrons. The van der Waals surface area contributed by atoms with Gasteiger partial charge in [0.05, 0.1) is 17.9 Å². The summed E-state index contributed by atoms with van der Waals surface area (Å²) in [6.07, 6.45) is -1.05. The van der Waals surface area contributed by atoms with Crippen LogP contribution in [0.25, 0.3) is 11.1 Å². The Morgan fingerprint density at radius 3 is 2.12 bits per heavy atom. The Morgan fingerprint density at radius 2 is 1.55 bits per heavy atom. The molecule has 0 bridgehead atoms. The molecule has 2 amide bonds. The fraction of sp³-hybridized carbons (Fsp3) is 0.375. The number of amides is 2. The van der Waals surface area contributed by atoms with Gasteiger partial charge in [-0.25, -0.2) is 17.9 Å². The van der Waals surface area contributed by atoms with Gasteiger partial charge in [0.15, 0.2) is 0 Å². The summed E-state index contributed by atoms with van der Waals surface area (Å²) in [6.45, 7) is 9.71. The van der Waals surface area contributed by atoms with Crippen LogP contribution in [0, 0.1) is 5.41 Å². The van der Waals surface area contributed by atoms with Crippen LogP contribution < -0.4 is 14.8 Å². The van der Waals surface area contributed by atoms with Crippen LogP contribution in [0.15, 0.2) is 72.8 Å². The molecule has 0 saturated heterocycles. The van der Waals surface area contributed by atoms with Crippen LogP contribution in [0.1, 0.15) is 62.2 Å². The van der Waals surface area contributed by atoms with Crippen LogP contribution in [0.4, 0.5) is 4.79 Å². The minimum atomic E-state index is -3.73. The molecule has 1 unspecified atom stereocenters. The fourth-order valence-electron chi connectivity index (χ4n) is 4.33. The topological polar surface area (TPSA) is 131 Å². The first kappa shape index (κ1) is 32.6. The smallest absolute Gasteiger partial charge is 0.407 e. The number of aliphatic hydroxyl groups excluding tert-OH is 1. The molecule has 3 N–H and O–H groups in total. The number of hydrogen-bond acceptors (Lipinski definition) is 7. The van der Waals surface area contributed by atoms with Gasteiger partial charge in [-0.2, -0.15) is 0 Å². The van der Waals surface area contributed by atoms with Gasteiger partial charge in [0.25, 0.3) is 5.91 Å². The SMILES string of the molecule is CC(C)Oc1cc(-c2ccc(CCNC(=O)OC([C@H](O)c3ccccc3)C(C)(C)C)cc2)ccc1C(=O)NS(C)(=O)=O. The van der Waals surface area contributed by atoms with E-state index in [-0.39, 0.29) is 17.4 Å². The van der Waals surface area contributed by atoms with E-state index in [1.807, 2.05) is 81.8 Å². The van der Waals surface area contributed by atoms with Crippen LogP contribution in [0.2, 0.25) is 0 Å². The van der Waals surface area contributed by atoms with Gasteiger partial charge >= 0.3 is 6.09 Å². The van der Waals surface area contributed by atoms with Crippen LogP contribution in [0.3, 0.4) is 0 Å². The maximum Gasteiger partial charge on any atom is 0.407 e. The molecule has 0 saturated carbocycles. The lowest BCUT2D eigenvalue weighted by molar-refractivity contribution is -0.0551. The monoisotopic (exact) mass is 596 g/mol. The number of carbonyl (C=O) groups is 2. The first-order valence-electron chi connectivity index (χ1n) is 13.7. The van der Waals surface area contributed by atoms with Crippen molar-refractivity contribution in [2.75, 3.05) is 12.8 Å². The fourth-order valence-corrected chi connectivity index (χ4v) is 4.78. The van der Waals surface area contributed by atoms with Crippen molar-refractivity contribution in [2.24, 2.45) is 5.41 Å². The third-order valence-electron chi connectivity index (χ3n) is 6.35. The minimum absolute atomic E-state index is 0.123. The zero-order valence-corrected chi connectivity index (χ0v) is 25.7. The maximum atomic E-state index is 12.6. The lowest BCUT2D eigenvalue weighted by atomic mass is 9.83. The van der Waals surface area contributed by atoms with E-state index in [2.05, 4.69) is 5.32 Å². The molecule has 0 heterocycles. The molecule has 0 aromatic heterocycles. The zero-order valence-electron chi connectivity index (χ0n) is 24.9. The van der Waals surface area contributed by atoms with Crippen molar-refractivity contribution in [3.8, 4) is 16.9 Å². The molecule has 3 aromatic carbocycles. The predicted molar refractivity (Wildman–Crippen MR) is 163 cm³/mol. The second-order valence-electron chi connectivity index (χ2n) is 11.5. The zero-order chi connectivity index (χ0) is 31.1. The number of hydrogen-bond donors (Lipinski definition) is 3. The van der Waals surface area contributed by atoms with Crippen LogP contribution in [-0.4, -0.2) is 50.5 Å². The van der Waals surface area contributed by atoms with Crippen LogP contribution in [-0.2, 0) is 21.2 Å². The van der Waals surface area contributed by atoms with Gasteiger partial charge in [-0.1, -0.05) is 81.4 Å². The Labute approximate surface area is 248 Å². The van der Waals surface area contributed by atoms with Gasteiger partial charge in [-0.15, -0.1) is 0 Å². The summed E-state index contributed by atoms with van der Waals surface area (Å²) >= 11 is 0. The van der Waals surface area contributed by atoms with Gasteiger partial charge in [-0.3, -0.25) is 4.79 Å². The van der Waals surface area contributed by atoms with Gasteiger partial charge < -0.3 is 19.9 Å². The van der Waals surface area contributed by atoms with E-state index >= 15 is 0 Å². The first-order valence-corrected chi connectivity index (χ1v) is 15.6. The van der Waals surface area contributed by atoms with E-state index < -0.39 is 39.6 Å². The number of aliphatic hydroxyl groups is 1. The van der Waals surface area contributed by atoms with Gasteiger partial charge in [0.1, 0.15) is 18.0 Å². The third-order valence-corrected chi connectivity index (χ3v) is 6.91. The highest BCUT2D eigenvalue weighted by atomic mass is 32.2. The summed E-state index contributed by atoms with van der Waals surface area (Å²) in [6, 6.07) is 21.8. The van der Waals surface area contributed by atoms with Gasteiger partial charge in [0, 0.05) is 12.0 Å². The number of ether oxygens (including phenoxy) is 2. The highest BCUT2D eigenvalue weighted by Crippen LogP contribution is 2.33. The molecule has 0 radical (unpaired) electrons. The molecule has 3 aromatic rings. The molecule has 10 heteroatoms. The average molecular weight is 597 g/mol. The Bertz CT molecular complexity index is 1460. The van der Waals surface area contributed by atoms with E-state index in [4.69, 9.17) is 9.47 Å². The number of carbonyl (C=O) groups excluding carboxylic acids is 2. The molecule has 0 aliphatic rings. The molecule has 0 spiro atoms. The summed E-state index contributed by atoms with van der Waals surface area (Å²) in [5.74, 6) is -0.481. The Morgan fingerprint density at radius 1 is 0.929 bits per heavy atom. The second-order valence-corrected chi connectivity index (χ2v) is 13.3. The summed E-state index contributed by atoms with van der Waals surface area (Å²) in [5, 5.41) is 13.7. The number of sulfonamides is 1. The van der Waals surface area contributed by atoms with Crippen molar-refractivity contribution in [3.63, 3.8) is 0 Å². The molecular formula is C32H40N2O7S. The third kappa shape index (κ3) is 9.60. The number of alkyl carbamates (subject to hydrolysis) is 1. The molecule has 0 fully saturated rings. The summed E-state index contributed by atoms with van der Waals surface area (Å²) in [5.41, 5.74) is 2.96. The second kappa shape index (κ2) is 13.8. The molecule has 0 aliphatic heterocycles. The molecule has 0 aliphatic carbocycles. The summed E-state index contributed by atoms with van der Waals surface area (Å²) in [7, 11) is -3.73. The molecule has 3 rings (SSSR count). The number of nitrogens with one attached hydrogen (secondary N) is 2. The summed E-state index contributed by atoms with van der Waals surface area (Å²) < 4.78 is 36.5. The normalized spacial score (nSPS) is 13.2. The van der Waals surface area contributed by atoms with Crippen LogP contribution >= 0.6 is 0 Å². The van der Waals surface area contributed by atoms with Gasteiger partial charge in [-0.05, 0) is 54.7 Å². The first-order chi connectivity index (χ1) is 19.6. The van der Waals surface area contributed by atoms with E-state index in [9.17, 15) is 23.1 Å². The Hall–Kier alpha value is -3.89. The van der Waals surface area contributed by atoms with Crippen LogP contribution in [0.5, 0.6) is 5.75 Å². The standard InChI is InChI=1S/C32H40N2O7S/c1-21(2)40-27-20-25(16-17-26(27)30(36)34-42(6,38)39)23-14-12-22(13-15-23)18-19-33-31(37)41-29(32(3,4)5)28(35)24-10-8-7-9-11-24/h7-17,20-21,28-29,35H,18-19H2,1-6H3,(H,33,37)(H,34,36)/t28-,29?/m1/s1. The average Bonchev–Trinajstić information content (AvgIpc) is 2.90. The molecule has 2 atom stereocenters. The van der Waals surface area contributed by atoms with Crippen molar-refractivity contribution in [3.05, 3.63) is 89.5 Å². The number of benzene rings is 3. The molecule has 42 heavy (non-hydrogen) atoms. The Balaban J connectivity index is 1.63. The van der Waals surface area contributed by atoms with Crippen molar-refractivity contribution in [1.29, 1.82) is 0 Å². The Kier molecular flexibility index (Phi) is 10.8. The van der Waals surface area contributed by atoms with Crippen molar-refractivity contribution in [2.45, 2.75) is 59.4 Å². The van der Waals surface area contributed by atoms with E-state index in [0.717, 1.165) is 22.9 Å². The van der Waals surface area contributed by atoms with E-state index in [1.165, 1.54) is 6.07 Å². The quantitative estimate of drug-likeness (QED) is 0.276. The van der Waals surface area contributed by atoms with Crippen molar-refractivity contribution >= 4 is 22.0 Å². The highest BCUT2D eigenvalue weighted by molar-refractivity contribution is 7.89. The predicted octanol–water partition coefficient (Wildman–Crippen LogP) is 5.25. The highest BCUT2D eigenvalue weighted by Gasteiger charge is 2.35. The van der Waals surface area contributed by atoms with Crippen molar-refractivity contribution in [1.82, 2.24) is 10.0 Å². The lowest BCUT2D eigenvalue weighted by Crippen LogP contribution is -2.40. The maximum absolute atomic E-state index is 12.6. The largest absolute Gasteiger partial charge is 0.490 e. The minimum Gasteiger partial charge on any atom is -0.490 e. The summed E-state index contributed by atoms with van der Waals surface area (Å²) in [4.78, 5) is 25.1.